The molecule has 1 aromatic heterocycles. The Morgan fingerprint density at radius 2 is 2.05 bits per heavy atom. The van der Waals surface area contributed by atoms with Gasteiger partial charge in [-0.3, -0.25) is 0 Å². The minimum absolute atomic E-state index is 0.0986. The van der Waals surface area contributed by atoms with Gasteiger partial charge in [-0.2, -0.15) is 4.98 Å². The second kappa shape index (κ2) is 5.38. The van der Waals surface area contributed by atoms with E-state index in [1.54, 1.807) is 36.4 Å². The lowest BCUT2D eigenvalue weighted by molar-refractivity contribution is 0.0699. The van der Waals surface area contributed by atoms with Gasteiger partial charge in [0, 0.05) is 12.3 Å². The second-order valence-corrected chi connectivity index (χ2v) is 4.60. The summed E-state index contributed by atoms with van der Waals surface area (Å²) in [6.07, 6.45) is 1.49. The molecule has 0 radical (unpaired) electrons. The molecule has 0 aliphatic heterocycles. The first kappa shape index (κ1) is 13.3. The number of hydrogen-bond donors (Lipinski definition) is 1. The number of carbonyl (C=O) groups is 1. The van der Waals surface area contributed by atoms with Crippen molar-refractivity contribution in [2.45, 2.75) is 0 Å². The first-order valence-electron chi connectivity index (χ1n) is 6.06. The monoisotopic (exact) mass is 300 g/mol. The number of fused-ring (bicyclic) bond motifs is 1. The molecular formula is C15H9ClN2O3. The molecule has 5 nitrogen and oxygen atoms in total. The predicted molar refractivity (Wildman–Crippen MR) is 78.0 cm³/mol. The molecule has 6 heteroatoms. The van der Waals surface area contributed by atoms with Crippen LogP contribution in [0.4, 0.5) is 0 Å². The molecule has 104 valence electrons. The lowest BCUT2D eigenvalue weighted by Crippen LogP contribution is -1.97. The van der Waals surface area contributed by atoms with Crippen LogP contribution in [0.15, 0.2) is 48.7 Å². The van der Waals surface area contributed by atoms with E-state index in [9.17, 15) is 4.79 Å². The molecule has 0 atom stereocenters. The Hall–Kier alpha value is -2.66. The Labute approximate surface area is 124 Å². The van der Waals surface area contributed by atoms with E-state index in [1.165, 1.54) is 6.20 Å². The second-order valence-electron chi connectivity index (χ2n) is 4.26. The summed E-state index contributed by atoms with van der Waals surface area (Å²) in [5, 5.41) is 10.7. The van der Waals surface area contributed by atoms with Gasteiger partial charge in [0.15, 0.2) is 0 Å². The average Bonchev–Trinajstić information content (AvgIpc) is 2.46. The average molecular weight is 301 g/mol. The zero-order valence-electron chi connectivity index (χ0n) is 10.7. The maximum atomic E-state index is 11.2. The Morgan fingerprint density at radius 3 is 2.81 bits per heavy atom. The minimum Gasteiger partial charge on any atom is -0.478 e. The molecular weight excluding hydrogens is 292 g/mol. The van der Waals surface area contributed by atoms with E-state index in [2.05, 4.69) is 9.97 Å². The SMILES string of the molecule is O=C(O)c1cccc2cc(Oc3ccnc(Cl)n3)ccc12. The quantitative estimate of drug-likeness (QED) is 0.745. The first-order chi connectivity index (χ1) is 10.1. The van der Waals surface area contributed by atoms with Crippen LogP contribution in [0.25, 0.3) is 10.8 Å². The summed E-state index contributed by atoms with van der Waals surface area (Å²) < 4.78 is 5.58. The number of halogens is 1. The Balaban J connectivity index is 2.00. The van der Waals surface area contributed by atoms with Crippen LogP contribution in [0, 0.1) is 0 Å². The molecule has 0 aliphatic rings. The fourth-order valence-corrected chi connectivity index (χ4v) is 2.15. The van der Waals surface area contributed by atoms with E-state index in [-0.39, 0.29) is 10.8 Å². The standard InChI is InChI=1S/C15H9ClN2O3/c16-15-17-7-6-13(18-15)21-10-4-5-11-9(8-10)2-1-3-12(11)14(19)20/h1-8H,(H,19,20). The first-order valence-corrected chi connectivity index (χ1v) is 6.44. The van der Waals surface area contributed by atoms with Gasteiger partial charge >= 0.3 is 5.97 Å². The number of ether oxygens (including phenoxy) is 1. The van der Waals surface area contributed by atoms with Crippen molar-refractivity contribution in [3.63, 3.8) is 0 Å². The molecule has 0 bridgehead atoms. The van der Waals surface area contributed by atoms with Crippen molar-refractivity contribution in [1.82, 2.24) is 9.97 Å². The van der Waals surface area contributed by atoms with E-state index in [0.29, 0.717) is 17.0 Å². The van der Waals surface area contributed by atoms with Gasteiger partial charge in [-0.1, -0.05) is 12.1 Å². The van der Waals surface area contributed by atoms with Gasteiger partial charge in [0.1, 0.15) is 5.75 Å². The van der Waals surface area contributed by atoms with Crippen LogP contribution in [0.3, 0.4) is 0 Å². The van der Waals surface area contributed by atoms with Gasteiger partial charge < -0.3 is 9.84 Å². The summed E-state index contributed by atoms with van der Waals surface area (Å²) in [5.74, 6) is -0.0969. The zero-order valence-corrected chi connectivity index (χ0v) is 11.4. The van der Waals surface area contributed by atoms with E-state index in [1.807, 2.05) is 6.07 Å². The van der Waals surface area contributed by atoms with Gasteiger partial charge in [0.25, 0.3) is 0 Å². The van der Waals surface area contributed by atoms with Crippen LogP contribution in [0.5, 0.6) is 11.6 Å². The van der Waals surface area contributed by atoms with Crippen LogP contribution in [-0.4, -0.2) is 21.0 Å². The van der Waals surface area contributed by atoms with Crippen molar-refractivity contribution < 1.29 is 14.6 Å². The van der Waals surface area contributed by atoms with Crippen molar-refractivity contribution in [1.29, 1.82) is 0 Å². The number of carboxylic acid groups (broad SMARTS) is 1. The van der Waals surface area contributed by atoms with Gasteiger partial charge in [0.05, 0.1) is 5.56 Å². The Kier molecular flexibility index (Phi) is 3.41. The molecule has 2 aromatic carbocycles. The molecule has 0 spiro atoms. The van der Waals surface area contributed by atoms with E-state index in [4.69, 9.17) is 21.4 Å². The summed E-state index contributed by atoms with van der Waals surface area (Å²) >= 11 is 5.69. The van der Waals surface area contributed by atoms with E-state index in [0.717, 1.165) is 5.39 Å². The van der Waals surface area contributed by atoms with Crippen LogP contribution < -0.4 is 4.74 Å². The molecule has 0 aliphatic carbocycles. The van der Waals surface area contributed by atoms with E-state index >= 15 is 0 Å². The van der Waals surface area contributed by atoms with Gasteiger partial charge in [-0.25, -0.2) is 9.78 Å². The highest BCUT2D eigenvalue weighted by molar-refractivity contribution is 6.28. The van der Waals surface area contributed by atoms with Crippen LogP contribution in [-0.2, 0) is 0 Å². The maximum Gasteiger partial charge on any atom is 0.336 e. The smallest absolute Gasteiger partial charge is 0.336 e. The summed E-state index contributed by atoms with van der Waals surface area (Å²) in [4.78, 5) is 18.9. The number of benzene rings is 2. The molecule has 0 fully saturated rings. The van der Waals surface area contributed by atoms with Crippen molar-refractivity contribution >= 4 is 28.3 Å². The number of nitrogens with zero attached hydrogens (tertiary/aromatic N) is 2. The highest BCUT2D eigenvalue weighted by Gasteiger charge is 2.09. The largest absolute Gasteiger partial charge is 0.478 e. The molecule has 1 heterocycles. The molecule has 21 heavy (non-hydrogen) atoms. The highest BCUT2D eigenvalue weighted by atomic mass is 35.5. The molecule has 3 aromatic rings. The Morgan fingerprint density at radius 1 is 1.19 bits per heavy atom. The van der Waals surface area contributed by atoms with Crippen molar-refractivity contribution in [3.8, 4) is 11.6 Å². The summed E-state index contributed by atoms with van der Waals surface area (Å²) in [5.41, 5.74) is 0.254. The van der Waals surface area contributed by atoms with Crippen molar-refractivity contribution in [2.75, 3.05) is 0 Å². The lowest BCUT2D eigenvalue weighted by Gasteiger charge is -2.07. The lowest BCUT2D eigenvalue weighted by atomic mass is 10.0. The van der Waals surface area contributed by atoms with E-state index < -0.39 is 5.97 Å². The summed E-state index contributed by atoms with van der Waals surface area (Å²) in [7, 11) is 0. The fraction of sp³-hybridized carbons (Fsp3) is 0. The number of aromatic carboxylic acids is 1. The normalized spacial score (nSPS) is 10.5. The molecule has 0 saturated heterocycles. The van der Waals surface area contributed by atoms with Gasteiger partial charge in [-0.15, -0.1) is 0 Å². The minimum atomic E-state index is -0.961. The molecule has 0 saturated carbocycles. The number of rotatable bonds is 3. The fourth-order valence-electron chi connectivity index (χ4n) is 2.01. The third-order valence-electron chi connectivity index (χ3n) is 2.91. The number of carboxylic acids is 1. The van der Waals surface area contributed by atoms with Gasteiger partial charge in [-0.05, 0) is 46.6 Å². The molecule has 0 unspecified atom stereocenters. The molecule has 3 rings (SSSR count). The molecule has 1 N–H and O–H groups in total. The summed E-state index contributed by atoms with van der Waals surface area (Å²) in [6.45, 7) is 0. The van der Waals surface area contributed by atoms with Crippen LogP contribution in [0.2, 0.25) is 5.28 Å². The number of hydrogen-bond acceptors (Lipinski definition) is 4. The van der Waals surface area contributed by atoms with Gasteiger partial charge in [0.2, 0.25) is 11.2 Å². The molecule has 0 amide bonds. The predicted octanol–water partition coefficient (Wildman–Crippen LogP) is 3.77. The summed E-state index contributed by atoms with van der Waals surface area (Å²) in [6, 6.07) is 11.8. The number of aromatic nitrogens is 2. The topological polar surface area (TPSA) is 72.3 Å². The third kappa shape index (κ3) is 2.78. The highest BCUT2D eigenvalue weighted by Crippen LogP contribution is 2.27. The zero-order chi connectivity index (χ0) is 14.8. The van der Waals surface area contributed by atoms with Crippen molar-refractivity contribution in [2.24, 2.45) is 0 Å². The Bertz CT molecular complexity index is 836. The maximum absolute atomic E-state index is 11.2. The van der Waals surface area contributed by atoms with Crippen LogP contribution in [0.1, 0.15) is 10.4 Å². The van der Waals surface area contributed by atoms with Crippen molar-refractivity contribution in [3.05, 3.63) is 59.5 Å². The third-order valence-corrected chi connectivity index (χ3v) is 3.09. The van der Waals surface area contributed by atoms with Crippen LogP contribution >= 0.6 is 11.6 Å².